The lowest BCUT2D eigenvalue weighted by Crippen LogP contribution is -2.35. The van der Waals surface area contributed by atoms with E-state index in [-0.39, 0.29) is 23.1 Å². The van der Waals surface area contributed by atoms with Crippen molar-refractivity contribution in [2.75, 3.05) is 12.4 Å². The smallest absolute Gasteiger partial charge is 0.324 e. The number of nitro groups is 1. The molecular weight excluding hydrogens is 268 g/mol. The fourth-order valence-corrected chi connectivity index (χ4v) is 3.06. The van der Waals surface area contributed by atoms with Gasteiger partial charge in [-0.2, -0.15) is 0 Å². The lowest BCUT2D eigenvalue weighted by molar-refractivity contribution is -0.384. The second-order valence-electron chi connectivity index (χ2n) is 4.04. The van der Waals surface area contributed by atoms with Gasteiger partial charge in [-0.25, -0.2) is 0 Å². The van der Waals surface area contributed by atoms with E-state index in [1.165, 1.54) is 12.1 Å². The van der Waals surface area contributed by atoms with Crippen LogP contribution in [0.25, 0.3) is 0 Å². The summed E-state index contributed by atoms with van der Waals surface area (Å²) in [5.41, 5.74) is 0.852. The van der Waals surface area contributed by atoms with Crippen molar-refractivity contribution in [1.29, 1.82) is 0 Å². The third-order valence-electron chi connectivity index (χ3n) is 2.74. The van der Waals surface area contributed by atoms with E-state index in [4.69, 9.17) is 4.74 Å². The monoisotopic (exact) mass is 282 g/mol. The minimum absolute atomic E-state index is 0.0551. The third-order valence-corrected chi connectivity index (χ3v) is 4.00. The number of carbonyl (C=O) groups excluding carboxylic acids is 1. The van der Waals surface area contributed by atoms with E-state index in [1.54, 1.807) is 24.8 Å². The Morgan fingerprint density at radius 1 is 1.63 bits per heavy atom. The minimum Gasteiger partial charge on any atom is -0.465 e. The summed E-state index contributed by atoms with van der Waals surface area (Å²) in [4.78, 5) is 21.9. The zero-order valence-electron chi connectivity index (χ0n) is 10.4. The number of nitrogens with zero attached hydrogens (tertiary/aromatic N) is 1. The molecule has 0 aliphatic carbocycles. The Balaban J connectivity index is 2.06. The van der Waals surface area contributed by atoms with Gasteiger partial charge in [0.05, 0.1) is 16.9 Å². The molecule has 7 heteroatoms. The molecular formula is C12H14N2O4S. The molecule has 1 fully saturated rings. The molecule has 1 aliphatic heterocycles. The van der Waals surface area contributed by atoms with Crippen molar-refractivity contribution in [3.05, 3.63) is 39.9 Å². The Bertz CT molecular complexity index is 494. The van der Waals surface area contributed by atoms with Gasteiger partial charge < -0.3 is 4.74 Å². The van der Waals surface area contributed by atoms with E-state index in [0.29, 0.717) is 12.4 Å². The van der Waals surface area contributed by atoms with Crippen LogP contribution in [-0.2, 0) is 9.53 Å². The van der Waals surface area contributed by atoms with Gasteiger partial charge in [0.1, 0.15) is 6.04 Å². The predicted molar refractivity (Wildman–Crippen MR) is 71.9 cm³/mol. The van der Waals surface area contributed by atoms with Crippen LogP contribution in [0.1, 0.15) is 17.9 Å². The van der Waals surface area contributed by atoms with Crippen LogP contribution in [0.3, 0.4) is 0 Å². The van der Waals surface area contributed by atoms with E-state index < -0.39 is 4.92 Å². The Hall–Kier alpha value is -1.60. The lowest BCUT2D eigenvalue weighted by Gasteiger charge is -2.12. The van der Waals surface area contributed by atoms with E-state index in [1.807, 2.05) is 6.07 Å². The van der Waals surface area contributed by atoms with Crippen molar-refractivity contribution in [3.8, 4) is 0 Å². The van der Waals surface area contributed by atoms with Gasteiger partial charge in [-0.3, -0.25) is 20.2 Å². The molecule has 6 nitrogen and oxygen atoms in total. The Morgan fingerprint density at radius 3 is 3.11 bits per heavy atom. The van der Waals surface area contributed by atoms with Crippen LogP contribution in [0.4, 0.5) is 5.69 Å². The molecule has 0 amide bonds. The van der Waals surface area contributed by atoms with Gasteiger partial charge in [-0.05, 0) is 12.5 Å². The van der Waals surface area contributed by atoms with Gasteiger partial charge in [0.2, 0.25) is 0 Å². The highest BCUT2D eigenvalue weighted by Crippen LogP contribution is 2.34. The summed E-state index contributed by atoms with van der Waals surface area (Å²) in [5.74, 6) is 0.328. The first-order valence-corrected chi connectivity index (χ1v) is 6.95. The fourth-order valence-electron chi connectivity index (χ4n) is 1.84. The highest BCUT2D eigenvalue weighted by atomic mass is 32.2. The zero-order chi connectivity index (χ0) is 13.8. The number of esters is 1. The molecule has 2 rings (SSSR count). The number of nitro benzene ring substituents is 1. The maximum atomic E-state index is 11.6. The van der Waals surface area contributed by atoms with Crippen LogP contribution in [0.15, 0.2) is 24.3 Å². The number of benzene rings is 1. The van der Waals surface area contributed by atoms with Crippen LogP contribution < -0.4 is 5.32 Å². The van der Waals surface area contributed by atoms with Crippen molar-refractivity contribution >= 4 is 23.4 Å². The minimum atomic E-state index is -0.425. The number of rotatable bonds is 4. The number of hydrogen-bond acceptors (Lipinski definition) is 6. The SMILES string of the molecule is CCOC(=O)[C@@H]1CS[C@H](c2cccc([N+](=O)[O-])c2)N1. The molecule has 1 aliphatic rings. The first-order chi connectivity index (χ1) is 9.11. The highest BCUT2D eigenvalue weighted by molar-refractivity contribution is 7.99. The first kappa shape index (κ1) is 13.8. The summed E-state index contributed by atoms with van der Waals surface area (Å²) < 4.78 is 4.95. The molecule has 1 aromatic rings. The second-order valence-corrected chi connectivity index (χ2v) is 5.17. The molecule has 1 N–H and O–H groups in total. The number of carbonyl (C=O) groups is 1. The summed E-state index contributed by atoms with van der Waals surface area (Å²) in [5, 5.41) is 13.7. The molecule has 1 saturated heterocycles. The van der Waals surface area contributed by atoms with E-state index in [9.17, 15) is 14.9 Å². The Morgan fingerprint density at radius 2 is 2.42 bits per heavy atom. The highest BCUT2D eigenvalue weighted by Gasteiger charge is 2.31. The Kier molecular flexibility index (Phi) is 4.39. The summed E-state index contributed by atoms with van der Waals surface area (Å²) in [6.07, 6.45) is 0. The van der Waals surface area contributed by atoms with Crippen molar-refractivity contribution in [2.24, 2.45) is 0 Å². The largest absolute Gasteiger partial charge is 0.465 e. The number of hydrogen-bond donors (Lipinski definition) is 1. The number of ether oxygens (including phenoxy) is 1. The van der Waals surface area contributed by atoms with Crippen molar-refractivity contribution in [3.63, 3.8) is 0 Å². The maximum Gasteiger partial charge on any atom is 0.324 e. The quantitative estimate of drug-likeness (QED) is 0.515. The summed E-state index contributed by atoms with van der Waals surface area (Å²) in [6, 6.07) is 6.08. The number of thioether (sulfide) groups is 1. The lowest BCUT2D eigenvalue weighted by atomic mass is 10.2. The average Bonchev–Trinajstić information content (AvgIpc) is 2.89. The van der Waals surface area contributed by atoms with Crippen LogP contribution in [0, 0.1) is 10.1 Å². The molecule has 102 valence electrons. The van der Waals surface area contributed by atoms with Gasteiger partial charge in [-0.15, -0.1) is 11.8 Å². The molecule has 0 saturated carbocycles. The predicted octanol–water partition coefficient (Wildman–Crippen LogP) is 1.86. The molecule has 0 bridgehead atoms. The third kappa shape index (κ3) is 3.24. The summed E-state index contributed by atoms with van der Waals surface area (Å²) in [6.45, 7) is 2.11. The molecule has 1 aromatic carbocycles. The van der Waals surface area contributed by atoms with Crippen molar-refractivity contribution < 1.29 is 14.5 Å². The summed E-state index contributed by atoms with van der Waals surface area (Å²) in [7, 11) is 0. The zero-order valence-corrected chi connectivity index (χ0v) is 11.2. The van der Waals surface area contributed by atoms with E-state index in [2.05, 4.69) is 5.32 Å². The molecule has 0 unspecified atom stereocenters. The van der Waals surface area contributed by atoms with E-state index >= 15 is 0 Å². The average molecular weight is 282 g/mol. The first-order valence-electron chi connectivity index (χ1n) is 5.90. The second kappa shape index (κ2) is 6.03. The molecule has 0 spiro atoms. The molecule has 0 aromatic heterocycles. The fraction of sp³-hybridized carbons (Fsp3) is 0.417. The van der Waals surface area contributed by atoms with Crippen molar-refractivity contribution in [2.45, 2.75) is 18.3 Å². The van der Waals surface area contributed by atoms with Crippen LogP contribution in [0.5, 0.6) is 0 Å². The topological polar surface area (TPSA) is 81.5 Å². The number of non-ortho nitro benzene ring substituents is 1. The molecule has 1 heterocycles. The van der Waals surface area contributed by atoms with E-state index in [0.717, 1.165) is 5.56 Å². The molecule has 0 radical (unpaired) electrons. The van der Waals surface area contributed by atoms with Gasteiger partial charge in [0.15, 0.2) is 0 Å². The molecule has 19 heavy (non-hydrogen) atoms. The van der Waals surface area contributed by atoms with Gasteiger partial charge in [-0.1, -0.05) is 12.1 Å². The maximum absolute atomic E-state index is 11.6. The van der Waals surface area contributed by atoms with Crippen LogP contribution in [0.2, 0.25) is 0 Å². The van der Waals surface area contributed by atoms with Gasteiger partial charge in [0, 0.05) is 17.9 Å². The standard InChI is InChI=1S/C12H14N2O4S/c1-2-18-12(15)10-7-19-11(13-10)8-4-3-5-9(6-8)14(16)17/h3-6,10-11,13H,2,7H2,1H3/t10-,11+/m0/s1. The van der Waals surface area contributed by atoms with Gasteiger partial charge >= 0.3 is 5.97 Å². The van der Waals surface area contributed by atoms with Crippen LogP contribution in [-0.4, -0.2) is 29.3 Å². The summed E-state index contributed by atoms with van der Waals surface area (Å²) >= 11 is 1.54. The Labute approximate surface area is 114 Å². The normalized spacial score (nSPS) is 22.2. The molecule has 2 atom stereocenters. The van der Waals surface area contributed by atoms with Crippen LogP contribution >= 0.6 is 11.8 Å². The van der Waals surface area contributed by atoms with Gasteiger partial charge in [0.25, 0.3) is 5.69 Å². The van der Waals surface area contributed by atoms with Crippen molar-refractivity contribution in [1.82, 2.24) is 5.32 Å². The number of nitrogens with one attached hydrogen (secondary N) is 1.